The number of unbranched alkanes of at least 4 members (excludes halogenated alkanes) is 1. The Morgan fingerprint density at radius 3 is 2.33 bits per heavy atom. The summed E-state index contributed by atoms with van der Waals surface area (Å²) >= 11 is 0. The van der Waals surface area contributed by atoms with Crippen molar-refractivity contribution in [1.82, 2.24) is 0 Å². The van der Waals surface area contributed by atoms with Gasteiger partial charge >= 0.3 is 0 Å². The monoisotopic (exact) mass is 240 g/mol. The molecule has 2 rings (SSSR count). The van der Waals surface area contributed by atoms with Gasteiger partial charge in [-0.2, -0.15) is 0 Å². The van der Waals surface area contributed by atoms with Gasteiger partial charge in [-0.05, 0) is 43.4 Å². The number of aryl methyl sites for hydroxylation is 2. The predicted molar refractivity (Wildman–Crippen MR) is 76.1 cm³/mol. The number of benzene rings is 2. The van der Waals surface area contributed by atoms with E-state index in [1.54, 1.807) is 0 Å². The van der Waals surface area contributed by atoms with Crippen molar-refractivity contribution in [2.45, 2.75) is 26.2 Å². The summed E-state index contributed by atoms with van der Waals surface area (Å²) in [6.07, 6.45) is 3.41. The lowest BCUT2D eigenvalue weighted by Crippen LogP contribution is -1.99. The number of hydrogen-bond acceptors (Lipinski definition) is 1. The summed E-state index contributed by atoms with van der Waals surface area (Å²) < 4.78 is 5.77. The second-order valence-corrected chi connectivity index (χ2v) is 4.56. The minimum atomic E-state index is 0.803. The molecule has 0 spiro atoms. The van der Waals surface area contributed by atoms with Crippen molar-refractivity contribution >= 4 is 0 Å². The van der Waals surface area contributed by atoms with Crippen LogP contribution in [-0.4, -0.2) is 6.61 Å². The van der Waals surface area contributed by atoms with Gasteiger partial charge < -0.3 is 4.74 Å². The van der Waals surface area contributed by atoms with Crippen LogP contribution < -0.4 is 4.74 Å². The average Bonchev–Trinajstić information content (AvgIpc) is 2.42. The maximum Gasteiger partial charge on any atom is 0.122 e. The Morgan fingerprint density at radius 1 is 0.833 bits per heavy atom. The molecule has 2 aromatic carbocycles. The molecule has 0 N–H and O–H groups in total. The SMILES string of the molecule is Cc1ccccc1OCCCCc1ccccc1. The average molecular weight is 240 g/mol. The summed E-state index contributed by atoms with van der Waals surface area (Å²) in [4.78, 5) is 0. The molecule has 0 aliphatic carbocycles. The van der Waals surface area contributed by atoms with Gasteiger partial charge in [-0.3, -0.25) is 0 Å². The first-order chi connectivity index (χ1) is 8.86. The first-order valence-corrected chi connectivity index (χ1v) is 6.58. The molecule has 0 saturated heterocycles. The van der Waals surface area contributed by atoms with Gasteiger partial charge in [0.15, 0.2) is 0 Å². The van der Waals surface area contributed by atoms with E-state index in [9.17, 15) is 0 Å². The molecule has 0 atom stereocenters. The summed E-state index contributed by atoms with van der Waals surface area (Å²) in [6.45, 7) is 2.89. The van der Waals surface area contributed by atoms with Crippen molar-refractivity contribution in [3.8, 4) is 5.75 Å². The van der Waals surface area contributed by atoms with E-state index in [4.69, 9.17) is 4.74 Å². The van der Waals surface area contributed by atoms with E-state index in [1.807, 2.05) is 18.2 Å². The van der Waals surface area contributed by atoms with Crippen molar-refractivity contribution in [3.63, 3.8) is 0 Å². The highest BCUT2D eigenvalue weighted by Crippen LogP contribution is 2.16. The summed E-state index contributed by atoms with van der Waals surface area (Å²) in [5.41, 5.74) is 2.62. The molecule has 0 heterocycles. The minimum absolute atomic E-state index is 0.803. The number of para-hydroxylation sites is 1. The highest BCUT2D eigenvalue weighted by Gasteiger charge is 1.97. The molecule has 18 heavy (non-hydrogen) atoms. The third kappa shape index (κ3) is 3.92. The van der Waals surface area contributed by atoms with Crippen molar-refractivity contribution in [1.29, 1.82) is 0 Å². The molecule has 0 unspecified atom stereocenters. The van der Waals surface area contributed by atoms with Crippen LogP contribution in [-0.2, 0) is 6.42 Å². The lowest BCUT2D eigenvalue weighted by Gasteiger charge is -2.08. The lowest BCUT2D eigenvalue weighted by molar-refractivity contribution is 0.305. The largest absolute Gasteiger partial charge is 0.493 e. The maximum atomic E-state index is 5.77. The molecule has 0 aromatic heterocycles. The van der Waals surface area contributed by atoms with E-state index in [1.165, 1.54) is 17.5 Å². The molecule has 0 saturated carbocycles. The Bertz CT molecular complexity index is 462. The van der Waals surface area contributed by atoms with E-state index in [2.05, 4.69) is 43.3 Å². The highest BCUT2D eigenvalue weighted by molar-refractivity contribution is 5.31. The Balaban J connectivity index is 1.66. The van der Waals surface area contributed by atoms with E-state index >= 15 is 0 Å². The first kappa shape index (κ1) is 12.7. The molecule has 0 bridgehead atoms. The molecule has 2 aromatic rings. The minimum Gasteiger partial charge on any atom is -0.493 e. The van der Waals surface area contributed by atoms with Gasteiger partial charge in [0.2, 0.25) is 0 Å². The number of ether oxygens (including phenoxy) is 1. The van der Waals surface area contributed by atoms with E-state index < -0.39 is 0 Å². The van der Waals surface area contributed by atoms with Crippen LogP contribution in [0.25, 0.3) is 0 Å². The highest BCUT2D eigenvalue weighted by atomic mass is 16.5. The van der Waals surface area contributed by atoms with Crippen LogP contribution in [0.15, 0.2) is 54.6 Å². The molecular formula is C17H20O. The quantitative estimate of drug-likeness (QED) is 0.680. The first-order valence-electron chi connectivity index (χ1n) is 6.58. The van der Waals surface area contributed by atoms with Crippen molar-refractivity contribution in [2.75, 3.05) is 6.61 Å². The smallest absolute Gasteiger partial charge is 0.122 e. The van der Waals surface area contributed by atoms with Crippen LogP contribution >= 0.6 is 0 Å². The third-order valence-electron chi connectivity index (χ3n) is 3.05. The fraction of sp³-hybridized carbons (Fsp3) is 0.294. The molecule has 0 fully saturated rings. The van der Waals surface area contributed by atoms with Gasteiger partial charge in [-0.15, -0.1) is 0 Å². The van der Waals surface area contributed by atoms with Crippen LogP contribution in [0.2, 0.25) is 0 Å². The van der Waals surface area contributed by atoms with Gasteiger partial charge in [0.25, 0.3) is 0 Å². The Kier molecular flexibility index (Phi) is 4.83. The molecule has 0 aliphatic rings. The summed E-state index contributed by atoms with van der Waals surface area (Å²) in [7, 11) is 0. The molecule has 0 amide bonds. The zero-order valence-electron chi connectivity index (χ0n) is 10.9. The summed E-state index contributed by atoms with van der Waals surface area (Å²) in [5.74, 6) is 1.01. The van der Waals surface area contributed by atoms with E-state index in [-0.39, 0.29) is 0 Å². The van der Waals surface area contributed by atoms with Crippen molar-refractivity contribution < 1.29 is 4.74 Å². The number of rotatable bonds is 6. The van der Waals surface area contributed by atoms with Crippen LogP contribution in [0.4, 0.5) is 0 Å². The zero-order chi connectivity index (χ0) is 12.6. The Morgan fingerprint density at radius 2 is 1.56 bits per heavy atom. The fourth-order valence-electron chi connectivity index (χ4n) is 1.98. The Labute approximate surface area is 109 Å². The standard InChI is InChI=1S/C17H20O/c1-15-9-5-6-13-17(15)18-14-8-7-12-16-10-3-2-4-11-16/h2-6,9-11,13H,7-8,12,14H2,1H3. The van der Waals surface area contributed by atoms with Gasteiger partial charge in [0.05, 0.1) is 6.61 Å². The molecular weight excluding hydrogens is 220 g/mol. The fourth-order valence-corrected chi connectivity index (χ4v) is 1.98. The van der Waals surface area contributed by atoms with Gasteiger partial charge in [0, 0.05) is 0 Å². The summed E-state index contributed by atoms with van der Waals surface area (Å²) in [6, 6.07) is 18.8. The molecule has 94 valence electrons. The molecule has 1 heteroatoms. The van der Waals surface area contributed by atoms with Crippen LogP contribution in [0.1, 0.15) is 24.0 Å². The van der Waals surface area contributed by atoms with E-state index in [0.29, 0.717) is 0 Å². The normalized spacial score (nSPS) is 10.3. The predicted octanol–water partition coefficient (Wildman–Crippen LogP) is 4.40. The van der Waals surface area contributed by atoms with Crippen molar-refractivity contribution in [3.05, 3.63) is 65.7 Å². The van der Waals surface area contributed by atoms with Gasteiger partial charge in [-0.25, -0.2) is 0 Å². The van der Waals surface area contributed by atoms with Gasteiger partial charge in [-0.1, -0.05) is 48.5 Å². The van der Waals surface area contributed by atoms with Crippen LogP contribution in [0, 0.1) is 6.92 Å². The number of hydrogen-bond donors (Lipinski definition) is 0. The third-order valence-corrected chi connectivity index (χ3v) is 3.05. The van der Waals surface area contributed by atoms with Crippen LogP contribution in [0.5, 0.6) is 5.75 Å². The second-order valence-electron chi connectivity index (χ2n) is 4.56. The lowest BCUT2D eigenvalue weighted by atomic mass is 10.1. The summed E-state index contributed by atoms with van der Waals surface area (Å²) in [5, 5.41) is 0. The second kappa shape index (κ2) is 6.85. The molecule has 0 aliphatic heterocycles. The van der Waals surface area contributed by atoms with Crippen molar-refractivity contribution in [2.24, 2.45) is 0 Å². The molecule has 1 nitrogen and oxygen atoms in total. The Hall–Kier alpha value is -1.76. The van der Waals surface area contributed by atoms with Crippen LogP contribution in [0.3, 0.4) is 0 Å². The molecule has 0 radical (unpaired) electrons. The maximum absolute atomic E-state index is 5.77. The zero-order valence-corrected chi connectivity index (χ0v) is 10.9. The van der Waals surface area contributed by atoms with Gasteiger partial charge in [0.1, 0.15) is 5.75 Å². The van der Waals surface area contributed by atoms with E-state index in [0.717, 1.165) is 25.2 Å². The topological polar surface area (TPSA) is 9.23 Å².